The summed E-state index contributed by atoms with van der Waals surface area (Å²) in [5, 5.41) is 16.4. The molecule has 0 aromatic carbocycles. The van der Waals surface area contributed by atoms with Gasteiger partial charge >= 0.3 is 0 Å². The Labute approximate surface area is 103 Å². The molecule has 0 radical (unpaired) electrons. The molecule has 0 aliphatic rings. The summed E-state index contributed by atoms with van der Waals surface area (Å²) in [5.74, 6) is 0. The predicted octanol–water partition coefficient (Wildman–Crippen LogP) is 0.0672. The largest absolute Gasteiger partial charge is 0.396 e. The number of unbranched alkanes of at least 4 members (excludes halogenated alkanes) is 2. The van der Waals surface area contributed by atoms with Crippen molar-refractivity contribution in [1.82, 2.24) is 4.90 Å². The molecule has 0 rings (SSSR count). The molecule has 0 aromatic rings. The van der Waals surface area contributed by atoms with Gasteiger partial charge in [-0.3, -0.25) is 9.45 Å². The SMILES string of the molecule is CC(N(CCCCO)CCCCO)S(=O)(=O)O. The molecule has 3 N–H and O–H groups in total. The van der Waals surface area contributed by atoms with Crippen molar-refractivity contribution in [3.63, 3.8) is 0 Å². The van der Waals surface area contributed by atoms with Gasteiger partial charge < -0.3 is 10.2 Å². The molecule has 6 nitrogen and oxygen atoms in total. The second kappa shape index (κ2) is 8.82. The second-order valence-corrected chi connectivity index (χ2v) is 5.72. The fourth-order valence-corrected chi connectivity index (χ4v) is 2.10. The summed E-state index contributed by atoms with van der Waals surface area (Å²) in [5.41, 5.74) is 0. The van der Waals surface area contributed by atoms with E-state index in [2.05, 4.69) is 0 Å². The van der Waals surface area contributed by atoms with Gasteiger partial charge in [0.05, 0.1) is 0 Å². The van der Waals surface area contributed by atoms with E-state index in [9.17, 15) is 8.42 Å². The van der Waals surface area contributed by atoms with Crippen LogP contribution in [-0.4, -0.2) is 59.8 Å². The normalized spacial score (nSPS) is 14.2. The standard InChI is InChI=1S/C10H23NO5S/c1-10(17(14,15)16)11(6-2-4-8-12)7-3-5-9-13/h10,12-13H,2-9H2,1H3,(H,14,15,16). The Bertz CT molecular complexity index is 270. The lowest BCUT2D eigenvalue weighted by Crippen LogP contribution is -2.40. The monoisotopic (exact) mass is 269 g/mol. The third-order valence-electron chi connectivity index (χ3n) is 2.65. The smallest absolute Gasteiger partial charge is 0.280 e. The molecular formula is C10H23NO5S. The fourth-order valence-electron chi connectivity index (χ4n) is 1.52. The topological polar surface area (TPSA) is 98.1 Å². The van der Waals surface area contributed by atoms with E-state index in [1.165, 1.54) is 6.92 Å². The van der Waals surface area contributed by atoms with E-state index in [0.717, 1.165) is 0 Å². The van der Waals surface area contributed by atoms with Crippen LogP contribution < -0.4 is 0 Å². The lowest BCUT2D eigenvalue weighted by atomic mass is 10.2. The van der Waals surface area contributed by atoms with E-state index in [4.69, 9.17) is 14.8 Å². The minimum atomic E-state index is -4.08. The number of aliphatic hydroxyl groups excluding tert-OH is 2. The van der Waals surface area contributed by atoms with Gasteiger partial charge in [0.25, 0.3) is 10.1 Å². The predicted molar refractivity (Wildman–Crippen MR) is 65.2 cm³/mol. The molecule has 0 heterocycles. The van der Waals surface area contributed by atoms with Crippen molar-refractivity contribution in [3.05, 3.63) is 0 Å². The molecule has 7 heteroatoms. The summed E-state index contributed by atoms with van der Waals surface area (Å²) in [7, 11) is -4.08. The number of nitrogens with zero attached hydrogens (tertiary/aromatic N) is 1. The van der Waals surface area contributed by atoms with E-state index < -0.39 is 15.5 Å². The van der Waals surface area contributed by atoms with E-state index in [-0.39, 0.29) is 13.2 Å². The second-order valence-electron chi connectivity index (χ2n) is 4.01. The van der Waals surface area contributed by atoms with E-state index in [0.29, 0.717) is 38.8 Å². The molecule has 1 unspecified atom stereocenters. The molecule has 0 saturated heterocycles. The minimum Gasteiger partial charge on any atom is -0.396 e. The highest BCUT2D eigenvalue weighted by Crippen LogP contribution is 2.09. The van der Waals surface area contributed by atoms with Gasteiger partial charge in [-0.2, -0.15) is 8.42 Å². The van der Waals surface area contributed by atoms with E-state index in [1.807, 2.05) is 0 Å². The van der Waals surface area contributed by atoms with Crippen LogP contribution in [0.5, 0.6) is 0 Å². The van der Waals surface area contributed by atoms with Gasteiger partial charge in [-0.05, 0) is 45.7 Å². The van der Waals surface area contributed by atoms with Crippen LogP contribution in [-0.2, 0) is 10.1 Å². The van der Waals surface area contributed by atoms with Crippen LogP contribution in [0.15, 0.2) is 0 Å². The van der Waals surface area contributed by atoms with Gasteiger partial charge in [-0.15, -0.1) is 0 Å². The first-order chi connectivity index (χ1) is 7.93. The Hall–Kier alpha value is -0.210. The van der Waals surface area contributed by atoms with Crippen molar-refractivity contribution >= 4 is 10.1 Å². The van der Waals surface area contributed by atoms with Gasteiger partial charge in [0.15, 0.2) is 0 Å². The Morgan fingerprint density at radius 3 is 1.71 bits per heavy atom. The Morgan fingerprint density at radius 1 is 1.00 bits per heavy atom. The Balaban J connectivity index is 4.28. The molecule has 104 valence electrons. The van der Waals surface area contributed by atoms with Crippen LogP contribution >= 0.6 is 0 Å². The molecule has 1 atom stereocenters. The van der Waals surface area contributed by atoms with Crippen molar-refractivity contribution < 1.29 is 23.2 Å². The van der Waals surface area contributed by atoms with Gasteiger partial charge in [0.2, 0.25) is 0 Å². The summed E-state index contributed by atoms with van der Waals surface area (Å²) < 4.78 is 31.1. The molecule has 0 bridgehead atoms. The van der Waals surface area contributed by atoms with Gasteiger partial charge in [-0.25, -0.2) is 0 Å². The van der Waals surface area contributed by atoms with Crippen molar-refractivity contribution in [2.75, 3.05) is 26.3 Å². The van der Waals surface area contributed by atoms with E-state index >= 15 is 0 Å². The first-order valence-corrected chi connectivity index (χ1v) is 7.36. The number of hydrogen-bond acceptors (Lipinski definition) is 5. The third-order valence-corrected chi connectivity index (χ3v) is 3.81. The van der Waals surface area contributed by atoms with Crippen molar-refractivity contribution in [1.29, 1.82) is 0 Å². The Morgan fingerprint density at radius 2 is 1.41 bits per heavy atom. The van der Waals surface area contributed by atoms with Crippen molar-refractivity contribution in [3.8, 4) is 0 Å². The maximum atomic E-state index is 11.1. The highest BCUT2D eigenvalue weighted by Gasteiger charge is 2.24. The molecule has 0 aliphatic carbocycles. The zero-order valence-corrected chi connectivity index (χ0v) is 11.1. The molecule has 0 fully saturated rings. The first kappa shape index (κ1) is 16.8. The lowest BCUT2D eigenvalue weighted by Gasteiger charge is -2.26. The molecule has 0 saturated carbocycles. The number of aliphatic hydroxyl groups is 2. The highest BCUT2D eigenvalue weighted by molar-refractivity contribution is 7.86. The summed E-state index contributed by atoms with van der Waals surface area (Å²) >= 11 is 0. The molecule has 0 aromatic heterocycles. The average Bonchev–Trinajstić information content (AvgIpc) is 2.25. The van der Waals surface area contributed by atoms with Crippen LogP contribution in [0.1, 0.15) is 32.6 Å². The van der Waals surface area contributed by atoms with E-state index in [1.54, 1.807) is 4.90 Å². The summed E-state index contributed by atoms with van der Waals surface area (Å²) in [6.45, 7) is 2.60. The van der Waals surface area contributed by atoms with Gasteiger partial charge in [-0.1, -0.05) is 0 Å². The van der Waals surface area contributed by atoms with Crippen molar-refractivity contribution in [2.24, 2.45) is 0 Å². The lowest BCUT2D eigenvalue weighted by molar-refractivity contribution is 0.212. The summed E-state index contributed by atoms with van der Waals surface area (Å²) in [4.78, 5) is 1.65. The first-order valence-electron chi connectivity index (χ1n) is 5.85. The number of rotatable bonds is 10. The highest BCUT2D eigenvalue weighted by atomic mass is 32.2. The average molecular weight is 269 g/mol. The maximum Gasteiger partial charge on any atom is 0.280 e. The molecule has 0 spiro atoms. The van der Waals surface area contributed by atoms with Crippen LogP contribution in [0.2, 0.25) is 0 Å². The van der Waals surface area contributed by atoms with Crippen LogP contribution in [0, 0.1) is 0 Å². The molecular weight excluding hydrogens is 246 g/mol. The van der Waals surface area contributed by atoms with Crippen LogP contribution in [0.3, 0.4) is 0 Å². The molecule has 17 heavy (non-hydrogen) atoms. The molecule has 0 aliphatic heterocycles. The summed E-state index contributed by atoms with van der Waals surface area (Å²) in [6, 6.07) is 0. The molecule has 0 amide bonds. The fraction of sp³-hybridized carbons (Fsp3) is 1.00. The zero-order valence-electron chi connectivity index (χ0n) is 10.2. The van der Waals surface area contributed by atoms with Gasteiger partial charge in [0, 0.05) is 13.2 Å². The van der Waals surface area contributed by atoms with Gasteiger partial charge in [0.1, 0.15) is 5.37 Å². The number of hydrogen-bond donors (Lipinski definition) is 3. The third kappa shape index (κ3) is 7.67. The quantitative estimate of drug-likeness (QED) is 0.383. The van der Waals surface area contributed by atoms with Crippen molar-refractivity contribution in [2.45, 2.75) is 38.0 Å². The zero-order chi connectivity index (χ0) is 13.3. The Kier molecular flexibility index (Phi) is 8.71. The van der Waals surface area contributed by atoms with Crippen LogP contribution in [0.4, 0.5) is 0 Å². The van der Waals surface area contributed by atoms with Crippen LogP contribution in [0.25, 0.3) is 0 Å². The minimum absolute atomic E-state index is 0.0741. The maximum absolute atomic E-state index is 11.1. The summed E-state index contributed by atoms with van der Waals surface area (Å²) in [6.07, 6.45) is 2.56.